The van der Waals surface area contributed by atoms with Crippen molar-refractivity contribution in [2.75, 3.05) is 16.5 Å². The maximum atomic E-state index is 6.69. The van der Waals surface area contributed by atoms with Gasteiger partial charge in [-0.25, -0.2) is 4.98 Å². The second-order valence-electron chi connectivity index (χ2n) is 14.9. The lowest BCUT2D eigenvalue weighted by Crippen LogP contribution is -2.25. The summed E-state index contributed by atoms with van der Waals surface area (Å²) < 4.78 is 10.1. The smallest absolute Gasteiger partial charge is 0.195 e. The van der Waals surface area contributed by atoms with Crippen LogP contribution in [0.2, 0.25) is 0 Å². The van der Waals surface area contributed by atoms with Crippen LogP contribution in [-0.4, -0.2) is 16.2 Å². The van der Waals surface area contributed by atoms with E-state index in [1.807, 2.05) is 12.1 Å². The minimum atomic E-state index is 0.0142. The van der Waals surface area contributed by atoms with Gasteiger partial charge in [-0.1, -0.05) is 123 Å². The molecule has 6 heteroatoms. The van der Waals surface area contributed by atoms with Crippen molar-refractivity contribution in [1.29, 1.82) is 0 Å². The molecular formula is C48H38N4OS. The molecule has 2 aromatic heterocycles. The van der Waals surface area contributed by atoms with Crippen molar-refractivity contribution in [1.82, 2.24) is 9.55 Å². The van der Waals surface area contributed by atoms with Crippen LogP contribution >= 0.6 is 11.3 Å². The summed E-state index contributed by atoms with van der Waals surface area (Å²) in [5.74, 6) is 1.56. The predicted molar refractivity (Wildman–Crippen MR) is 227 cm³/mol. The highest BCUT2D eigenvalue weighted by Crippen LogP contribution is 2.48. The highest BCUT2D eigenvalue weighted by Gasteiger charge is 2.30. The molecule has 0 radical (unpaired) electrons. The van der Waals surface area contributed by atoms with Crippen LogP contribution in [-0.2, 0) is 5.41 Å². The van der Waals surface area contributed by atoms with Crippen LogP contribution in [0, 0.1) is 0 Å². The number of hydrogen-bond acceptors (Lipinski definition) is 5. The van der Waals surface area contributed by atoms with E-state index in [0.29, 0.717) is 6.67 Å². The molecule has 9 aromatic rings. The summed E-state index contributed by atoms with van der Waals surface area (Å²) >= 11 is 1.71. The summed E-state index contributed by atoms with van der Waals surface area (Å²) in [5, 5.41) is 3.31. The molecule has 10 rings (SSSR count). The summed E-state index contributed by atoms with van der Waals surface area (Å²) in [5.41, 5.74) is 11.6. The number of fused-ring (bicyclic) bond motifs is 5. The minimum absolute atomic E-state index is 0.0142. The molecule has 262 valence electrons. The Kier molecular flexibility index (Phi) is 7.56. The highest BCUT2D eigenvalue weighted by atomic mass is 32.1. The minimum Gasteiger partial charge on any atom is -0.457 e. The van der Waals surface area contributed by atoms with Gasteiger partial charge >= 0.3 is 0 Å². The summed E-state index contributed by atoms with van der Waals surface area (Å²) in [6.07, 6.45) is 0. The molecule has 0 fully saturated rings. The van der Waals surface area contributed by atoms with Crippen LogP contribution < -0.4 is 14.5 Å². The SMILES string of the molecule is CC(C)(C)c1ccc(-c2ccccc2)c(N2CN(c3cccc(Oc4ccc5c6ccccc6n(-c6nc7ccccc7s6)c5c4)c3)c3ccccc32)c1. The average molecular weight is 719 g/mol. The van der Waals surface area contributed by atoms with Gasteiger partial charge in [0.25, 0.3) is 0 Å². The third kappa shape index (κ3) is 5.49. The standard InChI is InChI=1S/C48H38N4OS/c1-48(2,3)33-24-26-37(32-14-5-4-6-15-32)44(28-33)51-31-50(42-21-10-11-22-43(42)51)34-16-13-17-35(29-34)53-36-25-27-39-38-18-7-9-20-41(38)52(45(39)30-36)47-49-40-19-8-12-23-46(40)54-47/h4-30H,31H2,1-3H3. The molecule has 0 bridgehead atoms. The van der Waals surface area contributed by atoms with Crippen molar-refractivity contribution >= 4 is 66.1 Å². The molecule has 0 unspecified atom stereocenters. The topological polar surface area (TPSA) is 33.5 Å². The van der Waals surface area contributed by atoms with E-state index >= 15 is 0 Å². The van der Waals surface area contributed by atoms with Gasteiger partial charge in [0.05, 0.1) is 38.3 Å². The number of anilines is 4. The lowest BCUT2D eigenvalue weighted by atomic mass is 9.85. The first kappa shape index (κ1) is 32.3. The van der Waals surface area contributed by atoms with Crippen LogP contribution in [0.5, 0.6) is 11.5 Å². The first-order valence-electron chi connectivity index (χ1n) is 18.4. The Morgan fingerprint density at radius 1 is 0.574 bits per heavy atom. The maximum Gasteiger partial charge on any atom is 0.195 e. The Hall–Kier alpha value is -6.37. The Balaban J connectivity index is 1.02. The number of para-hydroxylation sites is 4. The summed E-state index contributed by atoms with van der Waals surface area (Å²) in [7, 11) is 0. The van der Waals surface area contributed by atoms with Crippen LogP contribution in [0.15, 0.2) is 164 Å². The Labute approximate surface area is 318 Å². The van der Waals surface area contributed by atoms with E-state index in [1.165, 1.54) is 43.5 Å². The number of thiazole rings is 1. The van der Waals surface area contributed by atoms with E-state index in [9.17, 15) is 0 Å². The second kappa shape index (κ2) is 12.6. The number of benzene rings is 7. The predicted octanol–water partition coefficient (Wildman–Crippen LogP) is 13.4. The van der Waals surface area contributed by atoms with E-state index < -0.39 is 0 Å². The molecule has 7 aromatic carbocycles. The van der Waals surface area contributed by atoms with E-state index in [1.54, 1.807) is 11.3 Å². The first-order valence-corrected chi connectivity index (χ1v) is 19.2. The Morgan fingerprint density at radius 2 is 1.30 bits per heavy atom. The van der Waals surface area contributed by atoms with Crippen molar-refractivity contribution in [3.8, 4) is 27.8 Å². The van der Waals surface area contributed by atoms with Crippen molar-refractivity contribution in [3.05, 3.63) is 169 Å². The summed E-state index contributed by atoms with van der Waals surface area (Å²) in [6, 6.07) is 58.1. The lowest BCUT2D eigenvalue weighted by Gasteiger charge is -2.27. The molecule has 0 spiro atoms. The number of nitrogens with zero attached hydrogens (tertiary/aromatic N) is 4. The van der Waals surface area contributed by atoms with E-state index in [4.69, 9.17) is 9.72 Å². The Morgan fingerprint density at radius 3 is 2.13 bits per heavy atom. The first-order chi connectivity index (χ1) is 26.4. The van der Waals surface area contributed by atoms with Gasteiger partial charge in [-0.05, 0) is 77.2 Å². The quantitative estimate of drug-likeness (QED) is 0.171. The average Bonchev–Trinajstić information content (AvgIpc) is 3.89. The fourth-order valence-electron chi connectivity index (χ4n) is 7.75. The van der Waals surface area contributed by atoms with Crippen molar-refractivity contribution in [2.45, 2.75) is 26.2 Å². The Bertz CT molecular complexity index is 2810. The highest BCUT2D eigenvalue weighted by molar-refractivity contribution is 7.20. The zero-order valence-corrected chi connectivity index (χ0v) is 31.2. The molecule has 0 amide bonds. The molecule has 5 nitrogen and oxygen atoms in total. The van der Waals surface area contributed by atoms with Crippen molar-refractivity contribution in [3.63, 3.8) is 0 Å². The molecule has 54 heavy (non-hydrogen) atoms. The molecule has 1 aliphatic heterocycles. The lowest BCUT2D eigenvalue weighted by molar-refractivity contribution is 0.483. The molecule has 0 saturated carbocycles. The van der Waals surface area contributed by atoms with Gasteiger partial charge in [0.2, 0.25) is 0 Å². The normalized spacial score (nSPS) is 12.9. The number of aromatic nitrogens is 2. The molecule has 1 aliphatic rings. The van der Waals surface area contributed by atoms with Gasteiger partial charge in [0.15, 0.2) is 5.13 Å². The summed E-state index contributed by atoms with van der Waals surface area (Å²) in [6.45, 7) is 7.51. The van der Waals surface area contributed by atoms with E-state index in [2.05, 4.69) is 187 Å². The maximum absolute atomic E-state index is 6.69. The van der Waals surface area contributed by atoms with Crippen LogP contribution in [0.4, 0.5) is 22.7 Å². The van der Waals surface area contributed by atoms with Gasteiger partial charge in [-0.3, -0.25) is 4.57 Å². The van der Waals surface area contributed by atoms with Crippen molar-refractivity contribution < 1.29 is 4.74 Å². The fraction of sp³-hybridized carbons (Fsp3) is 0.104. The molecule has 0 N–H and O–H groups in total. The molecule has 3 heterocycles. The largest absolute Gasteiger partial charge is 0.457 e. The number of hydrogen-bond donors (Lipinski definition) is 0. The fourth-order valence-corrected chi connectivity index (χ4v) is 8.74. The zero-order chi connectivity index (χ0) is 36.4. The summed E-state index contributed by atoms with van der Waals surface area (Å²) in [4.78, 5) is 9.88. The number of ether oxygens (including phenoxy) is 1. The van der Waals surface area contributed by atoms with E-state index in [0.717, 1.165) is 44.6 Å². The van der Waals surface area contributed by atoms with Gasteiger partial charge < -0.3 is 14.5 Å². The van der Waals surface area contributed by atoms with Gasteiger partial charge in [0.1, 0.15) is 18.2 Å². The second-order valence-corrected chi connectivity index (χ2v) is 15.9. The molecule has 0 aliphatic carbocycles. The van der Waals surface area contributed by atoms with Crippen LogP contribution in [0.1, 0.15) is 26.3 Å². The van der Waals surface area contributed by atoms with Crippen LogP contribution in [0.3, 0.4) is 0 Å². The molecular weight excluding hydrogens is 681 g/mol. The van der Waals surface area contributed by atoms with Gasteiger partial charge in [-0.2, -0.15) is 0 Å². The third-order valence-corrected chi connectivity index (χ3v) is 11.5. The molecule has 0 saturated heterocycles. The van der Waals surface area contributed by atoms with Gasteiger partial charge in [-0.15, -0.1) is 0 Å². The van der Waals surface area contributed by atoms with Crippen molar-refractivity contribution in [2.24, 2.45) is 0 Å². The third-order valence-electron chi connectivity index (χ3n) is 10.5. The van der Waals surface area contributed by atoms with Crippen LogP contribution in [0.25, 0.3) is 48.3 Å². The van der Waals surface area contributed by atoms with E-state index in [-0.39, 0.29) is 5.41 Å². The van der Waals surface area contributed by atoms with Gasteiger partial charge in [0, 0.05) is 34.2 Å². The number of rotatable bonds is 6. The zero-order valence-electron chi connectivity index (χ0n) is 30.4. The molecule has 0 atom stereocenters. The monoisotopic (exact) mass is 718 g/mol.